The number of fused-ring (bicyclic) bond motifs is 1. The molecule has 0 spiro atoms. The van der Waals surface area contributed by atoms with Crippen LogP contribution in [0.4, 0.5) is 0 Å². The molecule has 0 saturated carbocycles. The number of aryl methyl sites for hydroxylation is 1. The van der Waals surface area contributed by atoms with Crippen LogP contribution in [0.2, 0.25) is 5.02 Å². The first-order valence-corrected chi connectivity index (χ1v) is 9.14. The summed E-state index contributed by atoms with van der Waals surface area (Å²) in [5.41, 5.74) is 2.80. The molecule has 0 fully saturated rings. The van der Waals surface area contributed by atoms with Crippen LogP contribution in [-0.4, -0.2) is 16.6 Å². The zero-order chi connectivity index (χ0) is 17.3. The van der Waals surface area contributed by atoms with Crippen LogP contribution in [0, 0.1) is 0 Å². The van der Waals surface area contributed by atoms with Gasteiger partial charge in [0.1, 0.15) is 5.60 Å². The van der Waals surface area contributed by atoms with Gasteiger partial charge in [-0.3, -0.25) is 4.79 Å². The average Bonchev–Trinajstić information content (AvgIpc) is 3.08. The van der Waals surface area contributed by atoms with Crippen molar-refractivity contribution in [1.82, 2.24) is 4.98 Å². The summed E-state index contributed by atoms with van der Waals surface area (Å²) in [6, 6.07) is 9.99. The molecule has 0 radical (unpaired) electrons. The van der Waals surface area contributed by atoms with Crippen molar-refractivity contribution in [3.8, 4) is 11.3 Å². The van der Waals surface area contributed by atoms with Crippen LogP contribution in [0.1, 0.15) is 32.1 Å². The first-order chi connectivity index (χ1) is 11.3. The fourth-order valence-electron chi connectivity index (χ4n) is 2.63. The number of thiophene rings is 1. The Morgan fingerprint density at radius 2 is 2.04 bits per heavy atom. The number of aromatic amines is 1. The van der Waals surface area contributed by atoms with E-state index in [-0.39, 0.29) is 5.97 Å². The first-order valence-electron chi connectivity index (χ1n) is 7.89. The summed E-state index contributed by atoms with van der Waals surface area (Å²) >= 11 is 7.72. The molecule has 1 aromatic carbocycles. The lowest BCUT2D eigenvalue weighted by Gasteiger charge is -2.19. The molecule has 0 atom stereocenters. The van der Waals surface area contributed by atoms with Crippen molar-refractivity contribution in [3.05, 3.63) is 45.6 Å². The standard InChI is InChI=1S/C19H20ClNO2S/c1-19(2,3)23-18(22)7-6-17-14(8-9-24-17)16-11-12-10-13(20)4-5-15(12)21-16/h4-5,8-11,21H,6-7H2,1-3H3. The van der Waals surface area contributed by atoms with Gasteiger partial charge in [-0.2, -0.15) is 0 Å². The molecule has 0 aliphatic rings. The zero-order valence-electron chi connectivity index (χ0n) is 14.0. The van der Waals surface area contributed by atoms with E-state index in [1.54, 1.807) is 11.3 Å². The minimum absolute atomic E-state index is 0.162. The Kier molecular flexibility index (Phi) is 4.70. The molecule has 2 heterocycles. The van der Waals surface area contributed by atoms with Gasteiger partial charge in [0.05, 0.1) is 6.42 Å². The molecule has 3 aromatic rings. The van der Waals surface area contributed by atoms with Crippen LogP contribution in [0.5, 0.6) is 0 Å². The number of nitrogens with one attached hydrogen (secondary N) is 1. The summed E-state index contributed by atoms with van der Waals surface area (Å²) in [7, 11) is 0. The Labute approximate surface area is 150 Å². The van der Waals surface area contributed by atoms with Crippen LogP contribution in [0.15, 0.2) is 35.7 Å². The van der Waals surface area contributed by atoms with Gasteiger partial charge in [-0.05, 0) is 62.9 Å². The van der Waals surface area contributed by atoms with Crippen LogP contribution in [0.25, 0.3) is 22.2 Å². The van der Waals surface area contributed by atoms with Gasteiger partial charge in [0.25, 0.3) is 0 Å². The van der Waals surface area contributed by atoms with E-state index in [1.165, 1.54) is 4.88 Å². The van der Waals surface area contributed by atoms with Gasteiger partial charge in [-0.15, -0.1) is 11.3 Å². The summed E-state index contributed by atoms with van der Waals surface area (Å²) in [6.07, 6.45) is 1.06. The molecule has 3 nitrogen and oxygen atoms in total. The van der Waals surface area contributed by atoms with Gasteiger partial charge in [0.2, 0.25) is 0 Å². The Bertz CT molecular complexity index is 873. The molecule has 24 heavy (non-hydrogen) atoms. The Morgan fingerprint density at radius 3 is 2.79 bits per heavy atom. The second-order valence-electron chi connectivity index (χ2n) is 6.76. The predicted molar refractivity (Wildman–Crippen MR) is 101 cm³/mol. The average molecular weight is 362 g/mol. The second-order valence-corrected chi connectivity index (χ2v) is 8.20. The lowest BCUT2D eigenvalue weighted by molar-refractivity contribution is -0.154. The van der Waals surface area contributed by atoms with Crippen LogP contribution >= 0.6 is 22.9 Å². The smallest absolute Gasteiger partial charge is 0.306 e. The van der Waals surface area contributed by atoms with E-state index in [0.29, 0.717) is 12.8 Å². The van der Waals surface area contributed by atoms with Gasteiger partial charge < -0.3 is 9.72 Å². The number of H-pyrrole nitrogens is 1. The van der Waals surface area contributed by atoms with E-state index >= 15 is 0 Å². The number of esters is 1. The molecule has 5 heteroatoms. The molecule has 126 valence electrons. The lowest BCUT2D eigenvalue weighted by atomic mass is 10.1. The highest BCUT2D eigenvalue weighted by molar-refractivity contribution is 7.10. The fraction of sp³-hybridized carbons (Fsp3) is 0.316. The predicted octanol–water partition coefficient (Wildman–Crippen LogP) is 5.82. The third-order valence-electron chi connectivity index (χ3n) is 3.59. The van der Waals surface area contributed by atoms with Crippen LogP contribution in [0.3, 0.4) is 0 Å². The topological polar surface area (TPSA) is 42.1 Å². The summed E-state index contributed by atoms with van der Waals surface area (Å²) < 4.78 is 5.39. The Hall–Kier alpha value is -1.78. The molecule has 0 aliphatic heterocycles. The molecular formula is C19H20ClNO2S. The summed E-state index contributed by atoms with van der Waals surface area (Å²) in [6.45, 7) is 5.66. The number of hydrogen-bond acceptors (Lipinski definition) is 3. The summed E-state index contributed by atoms with van der Waals surface area (Å²) in [5, 5.41) is 3.86. The van der Waals surface area contributed by atoms with Crippen LogP contribution < -0.4 is 0 Å². The summed E-state index contributed by atoms with van der Waals surface area (Å²) in [4.78, 5) is 16.5. The number of benzene rings is 1. The number of carbonyl (C=O) groups is 1. The molecule has 0 aliphatic carbocycles. The molecule has 0 unspecified atom stereocenters. The molecule has 0 amide bonds. The Balaban J connectivity index is 1.78. The third kappa shape index (κ3) is 4.00. The molecule has 3 rings (SSSR count). The number of hydrogen-bond donors (Lipinski definition) is 1. The number of halogens is 1. The molecule has 0 bridgehead atoms. The van der Waals surface area contributed by atoms with Crippen molar-refractivity contribution in [2.24, 2.45) is 0 Å². The van der Waals surface area contributed by atoms with Crippen LogP contribution in [-0.2, 0) is 16.0 Å². The van der Waals surface area contributed by atoms with Gasteiger partial charge in [-0.25, -0.2) is 0 Å². The van der Waals surface area contributed by atoms with Crippen molar-refractivity contribution in [1.29, 1.82) is 0 Å². The first kappa shape index (κ1) is 17.1. The van der Waals surface area contributed by atoms with E-state index in [2.05, 4.69) is 22.5 Å². The normalized spacial score (nSPS) is 11.8. The van der Waals surface area contributed by atoms with Crippen molar-refractivity contribution in [3.63, 3.8) is 0 Å². The van der Waals surface area contributed by atoms with Crippen molar-refractivity contribution < 1.29 is 9.53 Å². The minimum Gasteiger partial charge on any atom is -0.460 e. The highest BCUT2D eigenvalue weighted by Crippen LogP contribution is 2.32. The molecule has 1 N–H and O–H groups in total. The SMILES string of the molecule is CC(C)(C)OC(=O)CCc1sccc1-c1cc2cc(Cl)ccc2[nH]1. The van der Waals surface area contributed by atoms with E-state index in [9.17, 15) is 4.79 Å². The maximum absolute atomic E-state index is 11.9. The quantitative estimate of drug-likeness (QED) is 0.594. The number of ether oxygens (including phenoxy) is 1. The second kappa shape index (κ2) is 6.61. The number of carbonyl (C=O) groups excluding carboxylic acids is 1. The molecular weight excluding hydrogens is 342 g/mol. The van der Waals surface area contributed by atoms with E-state index in [1.807, 2.05) is 39.0 Å². The van der Waals surface area contributed by atoms with E-state index < -0.39 is 5.60 Å². The highest BCUT2D eigenvalue weighted by Gasteiger charge is 2.17. The largest absolute Gasteiger partial charge is 0.460 e. The van der Waals surface area contributed by atoms with E-state index in [0.717, 1.165) is 27.2 Å². The van der Waals surface area contributed by atoms with E-state index in [4.69, 9.17) is 16.3 Å². The Morgan fingerprint density at radius 1 is 1.25 bits per heavy atom. The molecule has 0 saturated heterocycles. The lowest BCUT2D eigenvalue weighted by Crippen LogP contribution is -2.23. The van der Waals surface area contributed by atoms with Gasteiger partial charge in [-0.1, -0.05) is 11.6 Å². The molecule has 2 aromatic heterocycles. The summed E-state index contributed by atoms with van der Waals surface area (Å²) in [5.74, 6) is -0.162. The van der Waals surface area contributed by atoms with Crippen molar-refractivity contribution in [2.45, 2.75) is 39.2 Å². The van der Waals surface area contributed by atoms with Gasteiger partial charge in [0.15, 0.2) is 0 Å². The van der Waals surface area contributed by atoms with Crippen molar-refractivity contribution in [2.75, 3.05) is 0 Å². The number of rotatable bonds is 4. The monoisotopic (exact) mass is 361 g/mol. The third-order valence-corrected chi connectivity index (χ3v) is 4.81. The van der Waals surface area contributed by atoms with Gasteiger partial charge >= 0.3 is 5.97 Å². The highest BCUT2D eigenvalue weighted by atomic mass is 35.5. The van der Waals surface area contributed by atoms with Gasteiger partial charge in [0, 0.05) is 32.1 Å². The number of aromatic nitrogens is 1. The fourth-order valence-corrected chi connectivity index (χ4v) is 3.70. The zero-order valence-corrected chi connectivity index (χ0v) is 15.6. The maximum Gasteiger partial charge on any atom is 0.306 e. The maximum atomic E-state index is 11.9. The minimum atomic E-state index is -0.439. The van der Waals surface area contributed by atoms with Crippen molar-refractivity contribution >= 4 is 39.8 Å².